The van der Waals surface area contributed by atoms with E-state index in [0.29, 0.717) is 0 Å². The summed E-state index contributed by atoms with van der Waals surface area (Å²) in [5.41, 5.74) is 0. The van der Waals surface area contributed by atoms with Crippen LogP contribution in [-0.4, -0.2) is 9.36 Å². The monoisotopic (exact) mass is 294 g/mol. The second kappa shape index (κ2) is 3.16. The summed E-state index contributed by atoms with van der Waals surface area (Å²) < 4.78 is 4.93. The van der Waals surface area contributed by atoms with Gasteiger partial charge >= 0.3 is 0 Å². The van der Waals surface area contributed by atoms with Gasteiger partial charge in [0.1, 0.15) is 0 Å². The van der Waals surface area contributed by atoms with Crippen LogP contribution in [0.25, 0.3) is 9.88 Å². The van der Waals surface area contributed by atoms with Gasteiger partial charge in [0.2, 0.25) is 3.83 Å². The molecular weight excluding hydrogens is 291 g/mol. The predicted molar refractivity (Wildman–Crippen MR) is 55.9 cm³/mol. The third-order valence-corrected chi connectivity index (χ3v) is 3.70. The highest BCUT2D eigenvalue weighted by Crippen LogP contribution is 2.25. The third kappa shape index (κ3) is 1.60. The molecule has 0 fully saturated rings. The Kier molecular flexibility index (Phi) is 2.19. The molecule has 0 saturated carbocycles. The molecule has 0 amide bonds. The lowest BCUT2D eigenvalue weighted by atomic mass is 10.5. The Bertz CT molecular complexity index is 341. The summed E-state index contributed by atoms with van der Waals surface area (Å²) in [5.74, 6) is 0. The fourth-order valence-corrected chi connectivity index (χ4v) is 2.76. The van der Waals surface area contributed by atoms with E-state index in [1.54, 1.807) is 11.3 Å². The van der Waals surface area contributed by atoms with Crippen molar-refractivity contribution in [1.29, 1.82) is 0 Å². The van der Waals surface area contributed by atoms with Crippen molar-refractivity contribution in [2.24, 2.45) is 0 Å². The predicted octanol–water partition coefficient (Wildman–Crippen LogP) is 2.87. The second-order valence-corrected chi connectivity index (χ2v) is 4.51. The van der Waals surface area contributed by atoms with Crippen LogP contribution >= 0.6 is 45.5 Å². The molecule has 2 rings (SSSR count). The van der Waals surface area contributed by atoms with Crippen molar-refractivity contribution in [2.75, 3.05) is 0 Å². The summed E-state index contributed by atoms with van der Waals surface area (Å²) >= 11 is 5.26. The molecule has 2 aromatic rings. The van der Waals surface area contributed by atoms with Gasteiger partial charge in [-0.2, -0.15) is 4.37 Å². The van der Waals surface area contributed by atoms with Gasteiger partial charge in [-0.1, -0.05) is 6.07 Å². The lowest BCUT2D eigenvalue weighted by molar-refractivity contribution is 1.26. The minimum atomic E-state index is 0.830. The van der Waals surface area contributed by atoms with Crippen molar-refractivity contribution in [1.82, 2.24) is 9.36 Å². The molecule has 0 N–H and O–H groups in total. The molecule has 2 heterocycles. The van der Waals surface area contributed by atoms with Gasteiger partial charge in [0.05, 0.1) is 4.88 Å². The first kappa shape index (κ1) is 7.63. The van der Waals surface area contributed by atoms with Gasteiger partial charge in [-0.25, -0.2) is 4.98 Å². The lowest BCUT2D eigenvalue weighted by Gasteiger charge is -1.82. The van der Waals surface area contributed by atoms with Crippen LogP contribution in [0, 0.1) is 3.83 Å². The van der Waals surface area contributed by atoms with Crippen LogP contribution in [0.5, 0.6) is 0 Å². The van der Waals surface area contributed by atoms with Crippen molar-refractivity contribution in [2.45, 2.75) is 0 Å². The molecular formula is C6H3IN2S2. The van der Waals surface area contributed by atoms with Gasteiger partial charge in [0.15, 0.2) is 5.01 Å². The molecule has 0 atom stereocenters. The van der Waals surface area contributed by atoms with E-state index in [-0.39, 0.29) is 0 Å². The van der Waals surface area contributed by atoms with Crippen LogP contribution in [0.4, 0.5) is 0 Å². The molecule has 0 aromatic carbocycles. The molecule has 0 unspecified atom stereocenters. The number of hydrogen-bond acceptors (Lipinski definition) is 4. The normalized spacial score (nSPS) is 10.3. The van der Waals surface area contributed by atoms with Crippen molar-refractivity contribution >= 4 is 45.5 Å². The molecule has 56 valence electrons. The fourth-order valence-electron chi connectivity index (χ4n) is 0.706. The number of hydrogen-bond donors (Lipinski definition) is 0. The molecule has 0 bridgehead atoms. The zero-order valence-electron chi connectivity index (χ0n) is 5.32. The van der Waals surface area contributed by atoms with Gasteiger partial charge in [0.25, 0.3) is 0 Å². The summed E-state index contributed by atoms with van der Waals surface area (Å²) in [7, 11) is 0. The summed E-state index contributed by atoms with van der Waals surface area (Å²) in [6.07, 6.45) is 0. The Morgan fingerprint density at radius 2 is 2.36 bits per heavy atom. The van der Waals surface area contributed by atoms with E-state index in [0.717, 1.165) is 8.84 Å². The quantitative estimate of drug-likeness (QED) is 0.756. The van der Waals surface area contributed by atoms with Crippen LogP contribution in [0.3, 0.4) is 0 Å². The van der Waals surface area contributed by atoms with Crippen molar-refractivity contribution in [3.05, 3.63) is 21.3 Å². The highest BCUT2D eigenvalue weighted by Gasteiger charge is 2.03. The van der Waals surface area contributed by atoms with E-state index in [4.69, 9.17) is 0 Å². The Labute approximate surface area is 85.6 Å². The highest BCUT2D eigenvalue weighted by molar-refractivity contribution is 14.1. The lowest BCUT2D eigenvalue weighted by Crippen LogP contribution is -1.70. The van der Waals surface area contributed by atoms with E-state index in [1.165, 1.54) is 16.4 Å². The van der Waals surface area contributed by atoms with Crippen LogP contribution < -0.4 is 0 Å². The third-order valence-electron chi connectivity index (χ3n) is 1.13. The molecule has 0 aliphatic rings. The van der Waals surface area contributed by atoms with Gasteiger partial charge in [-0.3, -0.25) is 0 Å². The van der Waals surface area contributed by atoms with Crippen molar-refractivity contribution in [3.63, 3.8) is 0 Å². The average molecular weight is 294 g/mol. The van der Waals surface area contributed by atoms with Gasteiger partial charge in [0, 0.05) is 22.6 Å². The van der Waals surface area contributed by atoms with Crippen LogP contribution in [0.1, 0.15) is 0 Å². The Balaban J connectivity index is 2.45. The Morgan fingerprint density at radius 1 is 1.45 bits per heavy atom. The zero-order chi connectivity index (χ0) is 7.68. The maximum atomic E-state index is 4.26. The first-order valence-electron chi connectivity index (χ1n) is 2.89. The fraction of sp³-hybridized carbons (Fsp3) is 0. The first-order valence-corrected chi connectivity index (χ1v) is 5.62. The summed E-state index contributed by atoms with van der Waals surface area (Å²) in [5, 5.41) is 3.06. The second-order valence-electron chi connectivity index (χ2n) is 1.85. The largest absolute Gasteiger partial charge is 0.209 e. The van der Waals surface area contributed by atoms with Crippen LogP contribution in [-0.2, 0) is 0 Å². The first-order chi connectivity index (χ1) is 5.36. The summed E-state index contributed by atoms with van der Waals surface area (Å²) in [4.78, 5) is 5.46. The molecule has 5 heteroatoms. The molecule has 0 radical (unpaired) electrons. The Hall–Kier alpha value is -0.0100. The molecule has 0 aliphatic heterocycles. The van der Waals surface area contributed by atoms with E-state index in [1.807, 2.05) is 11.4 Å². The number of aromatic nitrogens is 2. The number of thiophene rings is 1. The molecule has 2 aromatic heterocycles. The molecule has 0 aliphatic carbocycles. The average Bonchev–Trinajstić information content (AvgIpc) is 2.55. The molecule has 0 spiro atoms. The van der Waals surface area contributed by atoms with E-state index < -0.39 is 0 Å². The number of halogens is 1. The maximum absolute atomic E-state index is 4.26. The Morgan fingerprint density at radius 3 is 2.91 bits per heavy atom. The molecule has 0 saturated heterocycles. The van der Waals surface area contributed by atoms with Gasteiger partial charge < -0.3 is 0 Å². The maximum Gasteiger partial charge on any atom is 0.203 e. The van der Waals surface area contributed by atoms with Crippen LogP contribution in [0.2, 0.25) is 0 Å². The van der Waals surface area contributed by atoms with E-state index in [9.17, 15) is 0 Å². The summed E-state index contributed by atoms with van der Waals surface area (Å²) in [6.45, 7) is 0. The number of nitrogens with zero attached hydrogens (tertiary/aromatic N) is 2. The SMILES string of the molecule is Ic1nsc(-c2cccs2)n1. The number of rotatable bonds is 1. The van der Waals surface area contributed by atoms with Crippen LogP contribution in [0.15, 0.2) is 17.5 Å². The minimum absolute atomic E-state index is 0.830. The van der Waals surface area contributed by atoms with Gasteiger partial charge in [-0.05, 0) is 23.0 Å². The summed E-state index contributed by atoms with van der Waals surface area (Å²) in [6, 6.07) is 4.08. The van der Waals surface area contributed by atoms with Crippen molar-refractivity contribution < 1.29 is 0 Å². The van der Waals surface area contributed by atoms with Crippen molar-refractivity contribution in [3.8, 4) is 9.88 Å². The topological polar surface area (TPSA) is 25.8 Å². The van der Waals surface area contributed by atoms with E-state index >= 15 is 0 Å². The van der Waals surface area contributed by atoms with E-state index in [2.05, 4.69) is 38.0 Å². The molecule has 11 heavy (non-hydrogen) atoms. The van der Waals surface area contributed by atoms with Gasteiger partial charge in [-0.15, -0.1) is 11.3 Å². The molecule has 2 nitrogen and oxygen atoms in total. The highest BCUT2D eigenvalue weighted by atomic mass is 127. The smallest absolute Gasteiger partial charge is 0.203 e. The standard InChI is InChI=1S/C6H3IN2S2/c7-6-8-5(11-9-6)4-2-1-3-10-4/h1-3H. The zero-order valence-corrected chi connectivity index (χ0v) is 9.11. The minimum Gasteiger partial charge on any atom is -0.209 e.